The van der Waals surface area contributed by atoms with Crippen molar-refractivity contribution in [2.75, 3.05) is 24.2 Å². The van der Waals surface area contributed by atoms with Gasteiger partial charge in [0, 0.05) is 24.6 Å². The van der Waals surface area contributed by atoms with Crippen molar-refractivity contribution in [3.63, 3.8) is 0 Å². The van der Waals surface area contributed by atoms with E-state index in [9.17, 15) is 13.2 Å². The number of rotatable bonds is 10. The summed E-state index contributed by atoms with van der Waals surface area (Å²) in [7, 11) is -1.99. The van der Waals surface area contributed by atoms with Crippen molar-refractivity contribution < 1.29 is 22.5 Å². The second-order valence-electron chi connectivity index (χ2n) is 7.29. The van der Waals surface area contributed by atoms with Crippen LogP contribution >= 0.6 is 0 Å². The van der Waals surface area contributed by atoms with Crippen LogP contribution in [-0.4, -0.2) is 44.4 Å². The number of carbonyl (C=O) groups excluding carboxylic acids is 1. The van der Waals surface area contributed by atoms with E-state index in [0.29, 0.717) is 29.6 Å². The lowest BCUT2D eigenvalue weighted by atomic mass is 10.1. The lowest BCUT2D eigenvalue weighted by molar-refractivity contribution is -0.121. The summed E-state index contributed by atoms with van der Waals surface area (Å²) in [6, 6.07) is 14.5. The average Bonchev–Trinajstić information content (AvgIpc) is 3.24. The fraction of sp³-hybridized carbons (Fsp3) is 0.318. The molecule has 0 fully saturated rings. The van der Waals surface area contributed by atoms with Crippen LogP contribution in [0.1, 0.15) is 24.3 Å². The van der Waals surface area contributed by atoms with Crippen LogP contribution in [0.15, 0.2) is 53.1 Å². The van der Waals surface area contributed by atoms with E-state index in [2.05, 4.69) is 15.5 Å². The molecule has 0 saturated heterocycles. The third-order valence-electron chi connectivity index (χ3n) is 4.72. The summed E-state index contributed by atoms with van der Waals surface area (Å²) < 4.78 is 36.0. The van der Waals surface area contributed by atoms with Crippen LogP contribution in [0.4, 0.5) is 5.69 Å². The third-order valence-corrected chi connectivity index (χ3v) is 5.92. The maximum atomic E-state index is 12.2. The molecule has 2 aromatic carbocycles. The van der Waals surface area contributed by atoms with Gasteiger partial charge in [0.2, 0.25) is 27.6 Å². The highest BCUT2D eigenvalue weighted by Crippen LogP contribution is 2.23. The van der Waals surface area contributed by atoms with Crippen molar-refractivity contribution in [3.05, 3.63) is 60.0 Å². The van der Waals surface area contributed by atoms with E-state index in [1.807, 2.05) is 31.2 Å². The number of aromatic nitrogens is 2. The van der Waals surface area contributed by atoms with Crippen molar-refractivity contribution in [2.45, 2.75) is 26.3 Å². The molecule has 0 spiro atoms. The minimum absolute atomic E-state index is 0.101. The smallest absolute Gasteiger partial charge is 0.246 e. The number of anilines is 1. The number of hydrogen-bond donors (Lipinski definition) is 1. The van der Waals surface area contributed by atoms with E-state index in [1.165, 1.54) is 11.4 Å². The molecule has 0 atom stereocenters. The Balaban J connectivity index is 1.51. The van der Waals surface area contributed by atoms with Gasteiger partial charge >= 0.3 is 0 Å². The van der Waals surface area contributed by atoms with Crippen LogP contribution in [0, 0.1) is 6.92 Å². The van der Waals surface area contributed by atoms with Crippen LogP contribution in [0.3, 0.4) is 0 Å². The first-order valence-electron chi connectivity index (χ1n) is 10.0. The molecule has 1 N–H and O–H groups in total. The molecular formula is C22H26N4O5S. The summed E-state index contributed by atoms with van der Waals surface area (Å²) in [5.74, 6) is 1.07. The van der Waals surface area contributed by atoms with Crippen molar-refractivity contribution >= 4 is 21.6 Å². The van der Waals surface area contributed by atoms with Gasteiger partial charge in [-0.3, -0.25) is 9.10 Å². The summed E-state index contributed by atoms with van der Waals surface area (Å²) in [5, 5.41) is 6.65. The fourth-order valence-electron chi connectivity index (χ4n) is 3.04. The van der Waals surface area contributed by atoms with Crippen molar-refractivity contribution in [1.82, 2.24) is 15.5 Å². The molecule has 0 bridgehead atoms. The number of ether oxygens (including phenoxy) is 1. The Bertz CT molecular complexity index is 1160. The monoisotopic (exact) mass is 458 g/mol. The van der Waals surface area contributed by atoms with Gasteiger partial charge in [-0.15, -0.1) is 0 Å². The Labute approximate surface area is 187 Å². The number of hydrogen-bond acceptors (Lipinski definition) is 7. The molecule has 32 heavy (non-hydrogen) atoms. The third kappa shape index (κ3) is 6.30. The minimum atomic E-state index is -3.51. The van der Waals surface area contributed by atoms with E-state index in [-0.39, 0.29) is 25.4 Å². The van der Waals surface area contributed by atoms with Crippen LogP contribution in [0.5, 0.6) is 5.75 Å². The molecule has 0 aliphatic carbocycles. The second kappa shape index (κ2) is 10.3. The number of aryl methyl sites for hydroxylation is 1. The molecule has 10 heteroatoms. The zero-order chi connectivity index (χ0) is 23.1. The lowest BCUT2D eigenvalue weighted by Crippen LogP contribution is -2.32. The molecule has 170 valence electrons. The maximum absolute atomic E-state index is 12.2. The highest BCUT2D eigenvalue weighted by Gasteiger charge is 2.18. The largest absolute Gasteiger partial charge is 0.497 e. The molecule has 3 rings (SSSR count). The topological polar surface area (TPSA) is 115 Å². The normalized spacial score (nSPS) is 11.2. The Hall–Kier alpha value is -3.40. The number of benzene rings is 2. The van der Waals surface area contributed by atoms with E-state index in [1.54, 1.807) is 24.3 Å². The van der Waals surface area contributed by atoms with Gasteiger partial charge in [-0.05, 0) is 25.5 Å². The number of nitrogens with one attached hydrogen (secondary N) is 1. The SMILES string of the molecule is COc1cccc(N(CCCC(=O)NCc2nc(-c3ccc(C)cc3)no2)S(C)(=O)=O)c1. The minimum Gasteiger partial charge on any atom is -0.497 e. The summed E-state index contributed by atoms with van der Waals surface area (Å²) in [6.07, 6.45) is 1.62. The van der Waals surface area contributed by atoms with E-state index in [4.69, 9.17) is 9.26 Å². The molecule has 3 aromatic rings. The molecule has 1 amide bonds. The molecular weight excluding hydrogens is 432 g/mol. The first-order valence-corrected chi connectivity index (χ1v) is 11.9. The van der Waals surface area contributed by atoms with E-state index < -0.39 is 10.0 Å². The Morgan fingerprint density at radius 1 is 1.19 bits per heavy atom. The van der Waals surface area contributed by atoms with Crippen molar-refractivity contribution in [3.8, 4) is 17.1 Å². The summed E-state index contributed by atoms with van der Waals surface area (Å²) in [4.78, 5) is 16.5. The number of sulfonamides is 1. The van der Waals surface area contributed by atoms with Crippen molar-refractivity contribution in [2.24, 2.45) is 0 Å². The number of amides is 1. The molecule has 0 aliphatic heterocycles. The number of nitrogens with zero attached hydrogens (tertiary/aromatic N) is 3. The average molecular weight is 459 g/mol. The number of methoxy groups -OCH3 is 1. The fourth-order valence-corrected chi connectivity index (χ4v) is 4.00. The van der Waals surface area contributed by atoms with Crippen LogP contribution in [0.2, 0.25) is 0 Å². The molecule has 0 saturated carbocycles. The standard InChI is InChI=1S/C22H26N4O5S/c1-16-9-11-17(12-10-16)22-24-21(31-25-22)15-23-20(27)8-5-13-26(32(3,28)29)18-6-4-7-19(14-18)30-2/h4,6-7,9-12,14H,5,8,13,15H2,1-3H3,(H,23,27). The van der Waals surface area contributed by atoms with Gasteiger partial charge in [0.1, 0.15) is 5.75 Å². The molecule has 0 unspecified atom stereocenters. The maximum Gasteiger partial charge on any atom is 0.246 e. The van der Waals surface area contributed by atoms with Gasteiger partial charge in [0.15, 0.2) is 0 Å². The van der Waals surface area contributed by atoms with Gasteiger partial charge in [0.25, 0.3) is 0 Å². The van der Waals surface area contributed by atoms with Crippen LogP contribution < -0.4 is 14.4 Å². The molecule has 1 aromatic heterocycles. The van der Waals surface area contributed by atoms with Crippen LogP contribution in [0.25, 0.3) is 11.4 Å². The summed E-state index contributed by atoms with van der Waals surface area (Å²) in [6.45, 7) is 2.26. The van der Waals surface area contributed by atoms with Gasteiger partial charge < -0.3 is 14.6 Å². The Kier molecular flexibility index (Phi) is 7.47. The zero-order valence-electron chi connectivity index (χ0n) is 18.2. The van der Waals surface area contributed by atoms with Gasteiger partial charge in [-0.2, -0.15) is 4.98 Å². The summed E-state index contributed by atoms with van der Waals surface area (Å²) in [5.41, 5.74) is 2.45. The quantitative estimate of drug-likeness (QED) is 0.497. The van der Waals surface area contributed by atoms with Gasteiger partial charge in [-0.1, -0.05) is 41.1 Å². The Morgan fingerprint density at radius 2 is 1.94 bits per heavy atom. The molecule has 0 aliphatic rings. The van der Waals surface area contributed by atoms with Crippen LogP contribution in [-0.2, 0) is 21.4 Å². The lowest BCUT2D eigenvalue weighted by Gasteiger charge is -2.22. The van der Waals surface area contributed by atoms with E-state index >= 15 is 0 Å². The van der Waals surface area contributed by atoms with Crippen molar-refractivity contribution in [1.29, 1.82) is 0 Å². The molecule has 0 radical (unpaired) electrons. The highest BCUT2D eigenvalue weighted by atomic mass is 32.2. The van der Waals surface area contributed by atoms with Gasteiger partial charge in [0.05, 0.1) is 25.6 Å². The van der Waals surface area contributed by atoms with Gasteiger partial charge in [-0.25, -0.2) is 8.42 Å². The predicted molar refractivity (Wildman–Crippen MR) is 121 cm³/mol. The predicted octanol–water partition coefficient (Wildman–Crippen LogP) is 2.92. The first-order chi connectivity index (χ1) is 15.3. The highest BCUT2D eigenvalue weighted by molar-refractivity contribution is 7.92. The molecule has 1 heterocycles. The Morgan fingerprint density at radius 3 is 2.62 bits per heavy atom. The number of carbonyl (C=O) groups is 1. The zero-order valence-corrected chi connectivity index (χ0v) is 19.1. The molecule has 9 nitrogen and oxygen atoms in total. The summed E-state index contributed by atoms with van der Waals surface area (Å²) >= 11 is 0. The van der Waals surface area contributed by atoms with E-state index in [0.717, 1.165) is 17.4 Å². The first kappa shape index (κ1) is 23.3. The second-order valence-corrected chi connectivity index (χ2v) is 9.20.